The van der Waals surface area contributed by atoms with E-state index in [0.717, 1.165) is 0 Å². The van der Waals surface area contributed by atoms with Crippen LogP contribution in [0.25, 0.3) is 0 Å². The largest absolute Gasteiger partial charge is 0.444 e. The first-order valence-corrected chi connectivity index (χ1v) is 11.6. The minimum absolute atomic E-state index is 0.0248. The van der Waals surface area contributed by atoms with Crippen molar-refractivity contribution in [3.05, 3.63) is 59.9 Å². The molecular weight excluding hydrogens is 479 g/mol. The van der Waals surface area contributed by atoms with Gasteiger partial charge in [0.1, 0.15) is 11.9 Å². The van der Waals surface area contributed by atoms with Crippen LogP contribution >= 0.6 is 0 Å². The van der Waals surface area contributed by atoms with E-state index in [9.17, 15) is 23.2 Å². The number of hydroxylamine groups is 2. The third-order valence-electron chi connectivity index (χ3n) is 6.08. The Morgan fingerprint density at radius 1 is 1.06 bits per heavy atom. The van der Waals surface area contributed by atoms with Gasteiger partial charge in [0, 0.05) is 31.6 Å². The summed E-state index contributed by atoms with van der Waals surface area (Å²) in [7, 11) is 0. The Hall–Kier alpha value is -3.44. The molecule has 0 N–H and O–H groups in total. The number of carbonyl (C=O) groups excluding carboxylic acids is 3. The molecule has 2 aromatic carbocycles. The zero-order valence-corrected chi connectivity index (χ0v) is 19.4. The fourth-order valence-corrected chi connectivity index (χ4v) is 4.15. The summed E-state index contributed by atoms with van der Waals surface area (Å²) in [5.74, 6) is -1.83. The highest BCUT2D eigenvalue weighted by molar-refractivity contribution is 5.97. The number of ether oxygens (including phenoxy) is 1. The van der Waals surface area contributed by atoms with Crippen molar-refractivity contribution < 1.29 is 37.1 Å². The van der Waals surface area contributed by atoms with Gasteiger partial charge < -0.3 is 9.64 Å². The van der Waals surface area contributed by atoms with Crippen LogP contribution in [0.5, 0.6) is 0 Å². The molecule has 4 rings (SSSR count). The molecular formula is C25H26F3N3O5. The predicted octanol–water partition coefficient (Wildman–Crippen LogP) is 3.70. The number of hydrogen-bond acceptors (Lipinski definition) is 7. The minimum atomic E-state index is -3.05. The maximum atomic E-state index is 15.1. The molecule has 0 radical (unpaired) electrons. The molecule has 2 heterocycles. The number of hydrogen-bond donors (Lipinski definition) is 0. The van der Waals surface area contributed by atoms with Gasteiger partial charge in [-0.2, -0.15) is 5.06 Å². The molecule has 0 aromatic heterocycles. The first-order chi connectivity index (χ1) is 17.3. The average Bonchev–Trinajstić information content (AvgIpc) is 3.09. The first-order valence-electron chi connectivity index (χ1n) is 11.6. The predicted molar refractivity (Wildman–Crippen MR) is 125 cm³/mol. The van der Waals surface area contributed by atoms with E-state index in [-0.39, 0.29) is 37.6 Å². The maximum Gasteiger partial charge on any atom is 0.414 e. The number of anilines is 2. The Kier molecular flexibility index (Phi) is 8.21. The highest BCUT2D eigenvalue weighted by Gasteiger charge is 2.33. The molecule has 0 bridgehead atoms. The number of amides is 1. The molecule has 1 atom stereocenters. The molecule has 2 fully saturated rings. The lowest BCUT2D eigenvalue weighted by molar-refractivity contribution is -0.139. The van der Waals surface area contributed by atoms with Gasteiger partial charge in [-0.3, -0.25) is 19.3 Å². The van der Waals surface area contributed by atoms with Crippen LogP contribution in [-0.4, -0.2) is 74.6 Å². The summed E-state index contributed by atoms with van der Waals surface area (Å²) in [5, 5.41) is 1.57. The molecule has 2 saturated heterocycles. The van der Waals surface area contributed by atoms with Gasteiger partial charge >= 0.3 is 6.09 Å². The highest BCUT2D eigenvalue weighted by atomic mass is 19.3. The fourth-order valence-electron chi connectivity index (χ4n) is 4.15. The molecule has 2 aliphatic heterocycles. The molecule has 2 aromatic rings. The van der Waals surface area contributed by atoms with Crippen molar-refractivity contribution in [3.8, 4) is 0 Å². The van der Waals surface area contributed by atoms with Gasteiger partial charge in [-0.05, 0) is 24.6 Å². The number of rotatable bonds is 9. The van der Waals surface area contributed by atoms with Gasteiger partial charge in [0.05, 0.1) is 31.1 Å². The third kappa shape index (κ3) is 6.21. The Labute approximate surface area is 206 Å². The zero-order chi connectivity index (χ0) is 25.7. The summed E-state index contributed by atoms with van der Waals surface area (Å²) < 4.78 is 45.0. The van der Waals surface area contributed by atoms with Crippen LogP contribution in [-0.2, 0) is 14.4 Å². The molecule has 0 unspecified atom stereocenters. The normalized spacial score (nSPS) is 18.9. The monoisotopic (exact) mass is 505 g/mol. The number of alkyl halides is 2. The topological polar surface area (TPSA) is 79.4 Å². The van der Waals surface area contributed by atoms with E-state index in [1.54, 1.807) is 46.4 Å². The van der Waals surface area contributed by atoms with E-state index in [1.165, 1.54) is 11.0 Å². The molecule has 192 valence electrons. The molecule has 36 heavy (non-hydrogen) atoms. The Morgan fingerprint density at radius 2 is 1.83 bits per heavy atom. The number of Topliss-reactive ketones (excluding diaryl/α,β-unsaturated/α-hetero) is 2. The van der Waals surface area contributed by atoms with Gasteiger partial charge in [-0.1, -0.05) is 30.3 Å². The molecule has 0 aliphatic carbocycles. The molecule has 0 saturated carbocycles. The van der Waals surface area contributed by atoms with Crippen molar-refractivity contribution in [1.29, 1.82) is 0 Å². The van der Waals surface area contributed by atoms with Crippen LogP contribution in [0.2, 0.25) is 0 Å². The number of nitrogens with zero attached hydrogens (tertiary/aromatic N) is 3. The third-order valence-corrected chi connectivity index (χ3v) is 6.08. The SMILES string of the molecule is O=C(CN1CCN(c2ccc(N3C[C@H](CCC(=O)C(F)F)OC3=O)cc2F)CCO1)c1ccccc1. The summed E-state index contributed by atoms with van der Waals surface area (Å²) >= 11 is 0. The minimum Gasteiger partial charge on any atom is -0.444 e. The second-order valence-electron chi connectivity index (χ2n) is 8.53. The van der Waals surface area contributed by atoms with Crippen molar-refractivity contribution >= 4 is 29.0 Å². The molecule has 8 nitrogen and oxygen atoms in total. The number of cyclic esters (lactones) is 1. The van der Waals surface area contributed by atoms with Crippen LogP contribution in [0, 0.1) is 5.82 Å². The van der Waals surface area contributed by atoms with Crippen molar-refractivity contribution in [2.24, 2.45) is 0 Å². The lowest BCUT2D eigenvalue weighted by atomic mass is 10.1. The van der Waals surface area contributed by atoms with E-state index < -0.39 is 36.6 Å². The number of benzene rings is 2. The van der Waals surface area contributed by atoms with Crippen LogP contribution in [0.15, 0.2) is 48.5 Å². The van der Waals surface area contributed by atoms with Gasteiger partial charge in [0.15, 0.2) is 11.6 Å². The van der Waals surface area contributed by atoms with Crippen LogP contribution in [0.3, 0.4) is 0 Å². The Bertz CT molecular complexity index is 1100. The molecule has 1 amide bonds. The highest BCUT2D eigenvalue weighted by Crippen LogP contribution is 2.29. The van der Waals surface area contributed by atoms with E-state index in [1.807, 2.05) is 6.07 Å². The van der Waals surface area contributed by atoms with Crippen molar-refractivity contribution in [2.45, 2.75) is 25.4 Å². The Morgan fingerprint density at radius 3 is 2.56 bits per heavy atom. The van der Waals surface area contributed by atoms with E-state index in [4.69, 9.17) is 9.57 Å². The first kappa shape index (κ1) is 25.6. The van der Waals surface area contributed by atoms with Gasteiger partial charge in [-0.15, -0.1) is 0 Å². The second-order valence-corrected chi connectivity index (χ2v) is 8.53. The summed E-state index contributed by atoms with van der Waals surface area (Å²) in [6.07, 6.45) is -4.93. The fraction of sp³-hybridized carbons (Fsp3) is 0.400. The van der Waals surface area contributed by atoms with Crippen molar-refractivity contribution in [2.75, 3.05) is 49.1 Å². The van der Waals surface area contributed by atoms with E-state index in [2.05, 4.69) is 0 Å². The van der Waals surface area contributed by atoms with E-state index in [0.29, 0.717) is 30.9 Å². The standard InChI is InChI=1S/C25H26F3N3O5/c26-20-14-18(31-15-19(36-25(31)34)7-9-22(32)24(27)28)6-8-21(20)29-10-11-30(35-13-12-29)16-23(33)17-4-2-1-3-5-17/h1-6,8,14,19,24H,7,9-13,15-16H2/t19-/m0/s1. The summed E-state index contributed by atoms with van der Waals surface area (Å²) in [4.78, 5) is 44.5. The average molecular weight is 505 g/mol. The van der Waals surface area contributed by atoms with Gasteiger partial charge in [-0.25, -0.2) is 18.0 Å². The smallest absolute Gasteiger partial charge is 0.414 e. The van der Waals surface area contributed by atoms with Crippen LogP contribution < -0.4 is 9.80 Å². The van der Waals surface area contributed by atoms with Crippen LogP contribution in [0.4, 0.5) is 29.3 Å². The summed E-state index contributed by atoms with van der Waals surface area (Å²) in [6.45, 7) is 1.59. The Balaban J connectivity index is 1.34. The lowest BCUT2D eigenvalue weighted by Gasteiger charge is -2.24. The lowest BCUT2D eigenvalue weighted by Crippen LogP contribution is -2.33. The van der Waals surface area contributed by atoms with Crippen molar-refractivity contribution in [1.82, 2.24) is 5.06 Å². The molecule has 11 heteroatoms. The van der Waals surface area contributed by atoms with Gasteiger partial charge in [0.25, 0.3) is 6.43 Å². The molecule has 2 aliphatic rings. The summed E-state index contributed by atoms with van der Waals surface area (Å²) in [6, 6.07) is 13.2. The molecule has 0 spiro atoms. The van der Waals surface area contributed by atoms with E-state index >= 15 is 4.39 Å². The maximum absolute atomic E-state index is 15.1. The quantitative estimate of drug-likeness (QED) is 0.481. The second kappa shape index (κ2) is 11.5. The van der Waals surface area contributed by atoms with Crippen LogP contribution in [0.1, 0.15) is 23.2 Å². The summed E-state index contributed by atoms with van der Waals surface area (Å²) in [5.41, 5.74) is 1.18. The van der Waals surface area contributed by atoms with Crippen molar-refractivity contribution in [3.63, 3.8) is 0 Å². The van der Waals surface area contributed by atoms with Gasteiger partial charge in [0.2, 0.25) is 0 Å². The number of ketones is 2. The number of carbonyl (C=O) groups is 3. The number of halogens is 3. The zero-order valence-electron chi connectivity index (χ0n) is 19.4.